The molecule has 2 atom stereocenters. The van der Waals surface area contributed by atoms with E-state index in [1.807, 2.05) is 25.1 Å². The van der Waals surface area contributed by atoms with E-state index in [9.17, 15) is 4.39 Å². The number of hydrogen-bond acceptors (Lipinski definition) is 2. The standard InChI is InChI=1S/C16H16BrClFNO/c1-2-14(20)16(10-4-3-5-11(18)8-10)21-15-7-6-12(19)9-13(15)17/h3-9,14,16H,2,20H2,1H3. The summed E-state index contributed by atoms with van der Waals surface area (Å²) in [6.45, 7) is 1.99. The van der Waals surface area contributed by atoms with Crippen LogP contribution in [-0.4, -0.2) is 6.04 Å². The molecule has 0 fully saturated rings. The lowest BCUT2D eigenvalue weighted by molar-refractivity contribution is 0.169. The first-order valence-electron chi connectivity index (χ1n) is 6.64. The van der Waals surface area contributed by atoms with Crippen molar-refractivity contribution in [1.29, 1.82) is 0 Å². The molecule has 2 nitrogen and oxygen atoms in total. The fourth-order valence-electron chi connectivity index (χ4n) is 2.01. The third-order valence-electron chi connectivity index (χ3n) is 3.19. The van der Waals surface area contributed by atoms with E-state index in [2.05, 4.69) is 15.9 Å². The monoisotopic (exact) mass is 371 g/mol. The van der Waals surface area contributed by atoms with Gasteiger partial charge in [-0.1, -0.05) is 30.7 Å². The van der Waals surface area contributed by atoms with Crippen molar-refractivity contribution in [2.24, 2.45) is 5.73 Å². The summed E-state index contributed by atoms with van der Waals surface area (Å²) in [5, 5.41) is 0.627. The Kier molecular flexibility index (Phi) is 5.62. The predicted molar refractivity (Wildman–Crippen MR) is 87.2 cm³/mol. The summed E-state index contributed by atoms with van der Waals surface area (Å²) < 4.78 is 19.7. The van der Waals surface area contributed by atoms with Crippen molar-refractivity contribution >= 4 is 27.5 Å². The average molecular weight is 373 g/mol. The molecule has 0 heterocycles. The molecule has 0 aliphatic rings. The molecule has 0 radical (unpaired) electrons. The minimum absolute atomic E-state index is 0.194. The van der Waals surface area contributed by atoms with E-state index in [-0.39, 0.29) is 18.0 Å². The Bertz CT molecular complexity index is 623. The van der Waals surface area contributed by atoms with Crippen LogP contribution in [0.4, 0.5) is 4.39 Å². The number of halogens is 3. The fraction of sp³-hybridized carbons (Fsp3) is 0.250. The molecule has 112 valence electrons. The quantitative estimate of drug-likeness (QED) is 0.792. The van der Waals surface area contributed by atoms with Gasteiger partial charge in [0.25, 0.3) is 0 Å². The molecule has 0 saturated heterocycles. The Morgan fingerprint density at radius 2 is 2.05 bits per heavy atom. The second kappa shape index (κ2) is 7.25. The highest BCUT2D eigenvalue weighted by Gasteiger charge is 2.22. The maximum atomic E-state index is 13.2. The average Bonchev–Trinajstić information content (AvgIpc) is 2.45. The summed E-state index contributed by atoms with van der Waals surface area (Å²) in [5.41, 5.74) is 7.07. The van der Waals surface area contributed by atoms with Crippen molar-refractivity contribution in [2.75, 3.05) is 0 Å². The Hall–Kier alpha value is -1.10. The van der Waals surface area contributed by atoms with E-state index in [0.717, 1.165) is 12.0 Å². The topological polar surface area (TPSA) is 35.2 Å². The Labute approximate surface area is 137 Å². The van der Waals surface area contributed by atoms with Gasteiger partial charge in [-0.3, -0.25) is 0 Å². The third-order valence-corrected chi connectivity index (χ3v) is 4.04. The maximum Gasteiger partial charge on any atom is 0.139 e. The van der Waals surface area contributed by atoms with Crippen LogP contribution in [-0.2, 0) is 0 Å². The second-order valence-electron chi connectivity index (χ2n) is 4.74. The predicted octanol–water partition coefficient (Wildman–Crippen LogP) is 5.10. The van der Waals surface area contributed by atoms with Gasteiger partial charge >= 0.3 is 0 Å². The first kappa shape index (κ1) is 16.3. The summed E-state index contributed by atoms with van der Waals surface area (Å²) in [4.78, 5) is 0. The summed E-state index contributed by atoms with van der Waals surface area (Å²) >= 11 is 9.34. The molecule has 21 heavy (non-hydrogen) atoms. The van der Waals surface area contributed by atoms with E-state index in [1.165, 1.54) is 12.1 Å². The van der Waals surface area contributed by atoms with E-state index < -0.39 is 0 Å². The molecule has 2 unspecified atom stereocenters. The minimum Gasteiger partial charge on any atom is -0.483 e. The summed E-state index contributed by atoms with van der Waals surface area (Å²) in [7, 11) is 0. The van der Waals surface area contributed by atoms with Gasteiger partial charge < -0.3 is 10.5 Å². The van der Waals surface area contributed by atoms with Crippen molar-refractivity contribution in [1.82, 2.24) is 0 Å². The lowest BCUT2D eigenvalue weighted by Gasteiger charge is -2.25. The van der Waals surface area contributed by atoms with Crippen molar-refractivity contribution < 1.29 is 9.13 Å². The first-order chi connectivity index (χ1) is 10.0. The maximum absolute atomic E-state index is 13.2. The van der Waals surface area contributed by atoms with Gasteiger partial charge in [-0.15, -0.1) is 0 Å². The molecule has 0 spiro atoms. The van der Waals surface area contributed by atoms with E-state index in [1.54, 1.807) is 12.1 Å². The number of hydrogen-bond donors (Lipinski definition) is 1. The number of rotatable bonds is 5. The molecule has 0 bridgehead atoms. The molecule has 2 N–H and O–H groups in total. The first-order valence-corrected chi connectivity index (χ1v) is 7.81. The van der Waals surface area contributed by atoms with Crippen LogP contribution in [0.2, 0.25) is 5.02 Å². The fourth-order valence-corrected chi connectivity index (χ4v) is 2.65. The zero-order valence-electron chi connectivity index (χ0n) is 11.5. The number of nitrogens with two attached hydrogens (primary N) is 1. The smallest absolute Gasteiger partial charge is 0.139 e. The molecular formula is C16H16BrClFNO. The van der Waals surface area contributed by atoms with Gasteiger partial charge in [0.05, 0.1) is 4.47 Å². The largest absolute Gasteiger partial charge is 0.483 e. The van der Waals surface area contributed by atoms with Crippen LogP contribution in [0, 0.1) is 5.82 Å². The van der Waals surface area contributed by atoms with Crippen LogP contribution >= 0.6 is 27.5 Å². The van der Waals surface area contributed by atoms with E-state index >= 15 is 0 Å². The summed E-state index contributed by atoms with van der Waals surface area (Å²) in [6.07, 6.45) is 0.395. The Morgan fingerprint density at radius 1 is 1.29 bits per heavy atom. The number of benzene rings is 2. The lowest BCUT2D eigenvalue weighted by atomic mass is 10.0. The molecule has 0 aliphatic heterocycles. The van der Waals surface area contributed by atoms with Gasteiger partial charge in [-0.2, -0.15) is 0 Å². The van der Waals surface area contributed by atoms with Gasteiger partial charge in [0.2, 0.25) is 0 Å². The molecular weight excluding hydrogens is 357 g/mol. The summed E-state index contributed by atoms with van der Waals surface area (Å²) in [5.74, 6) is 0.221. The Balaban J connectivity index is 2.33. The van der Waals surface area contributed by atoms with Gasteiger partial charge in [0, 0.05) is 11.1 Å². The normalized spacial score (nSPS) is 13.8. The molecule has 0 aliphatic carbocycles. The third kappa shape index (κ3) is 4.19. The van der Waals surface area contributed by atoms with Gasteiger partial charge in [-0.25, -0.2) is 4.39 Å². The van der Waals surface area contributed by atoms with Crippen LogP contribution in [0.5, 0.6) is 5.75 Å². The van der Waals surface area contributed by atoms with Crippen LogP contribution in [0.3, 0.4) is 0 Å². The molecule has 0 amide bonds. The SMILES string of the molecule is CCC(N)C(Oc1ccc(F)cc1Br)c1cccc(Cl)c1. The molecule has 2 aromatic carbocycles. The molecule has 2 aromatic rings. The van der Waals surface area contributed by atoms with Crippen LogP contribution in [0.25, 0.3) is 0 Å². The Morgan fingerprint density at radius 3 is 2.67 bits per heavy atom. The molecule has 5 heteroatoms. The lowest BCUT2D eigenvalue weighted by Crippen LogP contribution is -2.31. The zero-order chi connectivity index (χ0) is 15.4. The highest BCUT2D eigenvalue weighted by Crippen LogP contribution is 2.32. The van der Waals surface area contributed by atoms with Crippen LogP contribution in [0.1, 0.15) is 25.0 Å². The van der Waals surface area contributed by atoms with Crippen molar-refractivity contribution in [3.8, 4) is 5.75 Å². The molecule has 0 aromatic heterocycles. The second-order valence-corrected chi connectivity index (χ2v) is 6.03. The van der Waals surface area contributed by atoms with Crippen LogP contribution in [0.15, 0.2) is 46.9 Å². The minimum atomic E-state index is -0.351. The van der Waals surface area contributed by atoms with Gasteiger partial charge in [-0.05, 0) is 58.2 Å². The van der Waals surface area contributed by atoms with Crippen LogP contribution < -0.4 is 10.5 Å². The number of ether oxygens (including phenoxy) is 1. The van der Waals surface area contributed by atoms with Gasteiger partial charge in [0.15, 0.2) is 0 Å². The summed E-state index contributed by atoms with van der Waals surface area (Å²) in [6, 6.07) is 11.5. The molecule has 2 rings (SSSR count). The van der Waals surface area contributed by atoms with E-state index in [0.29, 0.717) is 15.2 Å². The van der Waals surface area contributed by atoms with E-state index in [4.69, 9.17) is 22.1 Å². The molecule has 0 saturated carbocycles. The van der Waals surface area contributed by atoms with Crippen molar-refractivity contribution in [2.45, 2.75) is 25.5 Å². The zero-order valence-corrected chi connectivity index (χ0v) is 13.9. The highest BCUT2D eigenvalue weighted by molar-refractivity contribution is 9.10. The van der Waals surface area contributed by atoms with Crippen molar-refractivity contribution in [3.05, 3.63) is 63.3 Å². The van der Waals surface area contributed by atoms with Crippen molar-refractivity contribution in [3.63, 3.8) is 0 Å². The van der Waals surface area contributed by atoms with Gasteiger partial charge in [0.1, 0.15) is 17.7 Å². The highest BCUT2D eigenvalue weighted by atomic mass is 79.9.